The van der Waals surface area contributed by atoms with Gasteiger partial charge in [0.05, 0.1) is 13.2 Å². The molecule has 1 aromatic carbocycles. The fraction of sp³-hybridized carbons (Fsp3) is 0.412. The van der Waals surface area contributed by atoms with Gasteiger partial charge in [0, 0.05) is 30.1 Å². The molecule has 0 spiro atoms. The van der Waals surface area contributed by atoms with Gasteiger partial charge in [-0.25, -0.2) is 0 Å². The molecule has 0 aliphatic carbocycles. The Labute approximate surface area is 134 Å². The third-order valence-corrected chi connectivity index (χ3v) is 3.92. The van der Waals surface area contributed by atoms with Crippen molar-refractivity contribution >= 4 is 22.7 Å². The molecule has 0 radical (unpaired) electrons. The van der Waals surface area contributed by atoms with Gasteiger partial charge in [-0.05, 0) is 24.6 Å². The predicted molar refractivity (Wildman–Crippen MR) is 87.6 cm³/mol. The lowest BCUT2D eigenvalue weighted by molar-refractivity contribution is -0.123. The van der Waals surface area contributed by atoms with E-state index in [1.807, 2.05) is 24.3 Å². The van der Waals surface area contributed by atoms with Crippen LogP contribution in [-0.2, 0) is 4.79 Å². The van der Waals surface area contributed by atoms with Crippen molar-refractivity contribution in [2.24, 2.45) is 0 Å². The third-order valence-electron chi connectivity index (χ3n) is 3.92. The minimum absolute atomic E-state index is 0.111. The number of hydrogen-bond acceptors (Lipinski definition) is 3. The van der Waals surface area contributed by atoms with Crippen molar-refractivity contribution in [2.75, 3.05) is 26.2 Å². The Balaban J connectivity index is 1.76. The molecule has 1 saturated heterocycles. The smallest absolute Gasteiger partial charge is 0.270 e. The number of unbranched alkanes of at least 4 members (excludes halogenated alkanes) is 1. The maximum Gasteiger partial charge on any atom is 0.270 e. The summed E-state index contributed by atoms with van der Waals surface area (Å²) in [6, 6.07) is 7.58. The number of hydrogen-bond donors (Lipinski definition) is 2. The Hall–Kier alpha value is -2.50. The van der Waals surface area contributed by atoms with E-state index in [2.05, 4.69) is 17.2 Å². The fourth-order valence-corrected chi connectivity index (χ4v) is 2.63. The largest absolute Gasteiger partial charge is 0.494 e. The second kappa shape index (κ2) is 6.73. The number of aromatic amines is 1. The maximum atomic E-state index is 12.5. The van der Waals surface area contributed by atoms with Gasteiger partial charge >= 0.3 is 0 Å². The van der Waals surface area contributed by atoms with Gasteiger partial charge < -0.3 is 19.9 Å². The number of nitrogens with one attached hydrogen (secondary N) is 2. The van der Waals surface area contributed by atoms with Crippen molar-refractivity contribution < 1.29 is 14.3 Å². The first-order chi connectivity index (χ1) is 11.2. The van der Waals surface area contributed by atoms with Gasteiger partial charge in [-0.2, -0.15) is 0 Å². The SMILES string of the molecule is CCCCOc1ccc2cc(C(=O)N3CCNC(=O)C3)[nH]c2c1. The molecule has 1 aliphatic rings. The number of fused-ring (bicyclic) bond motifs is 1. The van der Waals surface area contributed by atoms with Crippen LogP contribution in [0.3, 0.4) is 0 Å². The lowest BCUT2D eigenvalue weighted by Crippen LogP contribution is -2.50. The zero-order valence-electron chi connectivity index (χ0n) is 13.2. The molecular formula is C17H21N3O3. The summed E-state index contributed by atoms with van der Waals surface area (Å²) in [5.74, 6) is 0.529. The van der Waals surface area contributed by atoms with Crippen LogP contribution >= 0.6 is 0 Å². The lowest BCUT2D eigenvalue weighted by atomic mass is 10.2. The van der Waals surface area contributed by atoms with Crippen molar-refractivity contribution in [3.05, 3.63) is 30.0 Å². The Kier molecular flexibility index (Phi) is 4.50. The van der Waals surface area contributed by atoms with Crippen LogP contribution in [0.15, 0.2) is 24.3 Å². The molecule has 6 nitrogen and oxygen atoms in total. The monoisotopic (exact) mass is 315 g/mol. The van der Waals surface area contributed by atoms with Crippen LogP contribution in [0.4, 0.5) is 0 Å². The van der Waals surface area contributed by atoms with E-state index >= 15 is 0 Å². The molecule has 0 unspecified atom stereocenters. The summed E-state index contributed by atoms with van der Waals surface area (Å²) in [5.41, 5.74) is 1.37. The normalized spacial score (nSPS) is 14.8. The Bertz CT molecular complexity index is 723. The van der Waals surface area contributed by atoms with Crippen molar-refractivity contribution in [2.45, 2.75) is 19.8 Å². The molecule has 3 rings (SSSR count). The van der Waals surface area contributed by atoms with Gasteiger partial charge in [0.1, 0.15) is 11.4 Å². The number of amides is 2. The molecule has 23 heavy (non-hydrogen) atoms. The minimum atomic E-state index is -0.149. The van der Waals surface area contributed by atoms with Gasteiger partial charge in [0.2, 0.25) is 5.91 Å². The van der Waals surface area contributed by atoms with Crippen LogP contribution in [0, 0.1) is 0 Å². The quantitative estimate of drug-likeness (QED) is 0.828. The minimum Gasteiger partial charge on any atom is -0.494 e. The Morgan fingerprint density at radius 2 is 2.22 bits per heavy atom. The lowest BCUT2D eigenvalue weighted by Gasteiger charge is -2.26. The van der Waals surface area contributed by atoms with Gasteiger partial charge in [-0.3, -0.25) is 9.59 Å². The molecule has 0 atom stereocenters. The first-order valence-corrected chi connectivity index (χ1v) is 7.99. The van der Waals surface area contributed by atoms with Crippen LogP contribution in [0.25, 0.3) is 10.9 Å². The highest BCUT2D eigenvalue weighted by molar-refractivity contribution is 6.00. The standard InChI is InChI=1S/C17H21N3O3/c1-2-3-8-23-13-5-4-12-9-15(19-14(12)10-13)17(22)20-7-6-18-16(21)11-20/h4-5,9-10,19H,2-3,6-8,11H2,1H3,(H,18,21). The first-order valence-electron chi connectivity index (χ1n) is 7.99. The summed E-state index contributed by atoms with van der Waals surface area (Å²) in [4.78, 5) is 28.6. The predicted octanol–water partition coefficient (Wildman–Crippen LogP) is 1.92. The number of nitrogens with zero attached hydrogens (tertiary/aromatic N) is 1. The molecule has 0 saturated carbocycles. The van der Waals surface area contributed by atoms with Crippen LogP contribution in [0.1, 0.15) is 30.3 Å². The highest BCUT2D eigenvalue weighted by Gasteiger charge is 2.23. The number of piperazine rings is 1. The van der Waals surface area contributed by atoms with E-state index in [1.54, 1.807) is 4.90 Å². The number of H-pyrrole nitrogens is 1. The van der Waals surface area contributed by atoms with Crippen molar-refractivity contribution in [1.82, 2.24) is 15.2 Å². The summed E-state index contributed by atoms with van der Waals surface area (Å²) in [7, 11) is 0. The van der Waals surface area contributed by atoms with Crippen molar-refractivity contribution in [3.8, 4) is 5.75 Å². The fourth-order valence-electron chi connectivity index (χ4n) is 2.63. The summed E-state index contributed by atoms with van der Waals surface area (Å²) >= 11 is 0. The molecule has 2 N–H and O–H groups in total. The van der Waals surface area contributed by atoms with Gasteiger partial charge in [0.15, 0.2) is 0 Å². The summed E-state index contributed by atoms with van der Waals surface area (Å²) in [6.07, 6.45) is 2.11. The molecule has 1 aromatic heterocycles. The maximum absolute atomic E-state index is 12.5. The number of rotatable bonds is 5. The van der Waals surface area contributed by atoms with Gasteiger partial charge in [0.25, 0.3) is 5.91 Å². The molecule has 2 aromatic rings. The molecule has 0 bridgehead atoms. The van der Waals surface area contributed by atoms with Gasteiger partial charge in [-0.1, -0.05) is 13.3 Å². The number of carbonyl (C=O) groups is 2. The first kappa shape index (κ1) is 15.4. The van der Waals surface area contributed by atoms with Crippen molar-refractivity contribution in [3.63, 3.8) is 0 Å². The molecule has 2 heterocycles. The molecule has 6 heteroatoms. The highest BCUT2D eigenvalue weighted by Crippen LogP contribution is 2.22. The second-order valence-electron chi connectivity index (χ2n) is 5.71. The average molecular weight is 315 g/mol. The third kappa shape index (κ3) is 3.47. The van der Waals surface area contributed by atoms with E-state index in [1.165, 1.54) is 0 Å². The number of aromatic nitrogens is 1. The molecule has 2 amide bonds. The molecule has 122 valence electrons. The van der Waals surface area contributed by atoms with Crippen LogP contribution in [-0.4, -0.2) is 47.9 Å². The van der Waals surface area contributed by atoms with Gasteiger partial charge in [-0.15, -0.1) is 0 Å². The average Bonchev–Trinajstić information content (AvgIpc) is 2.97. The topological polar surface area (TPSA) is 74.4 Å². The van der Waals surface area contributed by atoms with E-state index in [4.69, 9.17) is 4.74 Å². The van der Waals surface area contributed by atoms with Crippen LogP contribution in [0.5, 0.6) is 5.75 Å². The van der Waals surface area contributed by atoms with Crippen LogP contribution in [0.2, 0.25) is 0 Å². The second-order valence-corrected chi connectivity index (χ2v) is 5.71. The Morgan fingerprint density at radius 3 is 3.00 bits per heavy atom. The zero-order chi connectivity index (χ0) is 16.2. The number of ether oxygens (including phenoxy) is 1. The van der Waals surface area contributed by atoms with E-state index in [0.717, 1.165) is 29.5 Å². The van der Waals surface area contributed by atoms with E-state index in [0.29, 0.717) is 25.4 Å². The highest BCUT2D eigenvalue weighted by atomic mass is 16.5. The van der Waals surface area contributed by atoms with Crippen molar-refractivity contribution in [1.29, 1.82) is 0 Å². The molecular weight excluding hydrogens is 294 g/mol. The number of benzene rings is 1. The Morgan fingerprint density at radius 1 is 1.35 bits per heavy atom. The van der Waals surface area contributed by atoms with Crippen LogP contribution < -0.4 is 10.1 Å². The van der Waals surface area contributed by atoms with E-state index in [9.17, 15) is 9.59 Å². The molecule has 1 fully saturated rings. The zero-order valence-corrected chi connectivity index (χ0v) is 13.2. The molecule has 1 aliphatic heterocycles. The number of carbonyl (C=O) groups excluding carboxylic acids is 2. The summed E-state index contributed by atoms with van der Waals surface area (Å²) in [6.45, 7) is 3.96. The summed E-state index contributed by atoms with van der Waals surface area (Å²) < 4.78 is 5.69. The summed E-state index contributed by atoms with van der Waals surface area (Å²) in [5, 5.41) is 3.67. The van der Waals surface area contributed by atoms with E-state index < -0.39 is 0 Å². The van der Waals surface area contributed by atoms with E-state index in [-0.39, 0.29) is 18.4 Å².